The number of anilines is 1. The zero-order chi connectivity index (χ0) is 24.9. The molecule has 0 fully saturated rings. The lowest BCUT2D eigenvalue weighted by Crippen LogP contribution is -2.33. The van der Waals surface area contributed by atoms with Crippen molar-refractivity contribution in [2.45, 2.75) is 24.9 Å². The van der Waals surface area contributed by atoms with Gasteiger partial charge in [0.25, 0.3) is 0 Å². The molecule has 0 saturated heterocycles. The molecule has 14 heteroatoms. The second-order valence-electron chi connectivity index (χ2n) is 6.99. The standard InChI is InChI=1S/C20H25ClN6O6S/c1-12(18(33-5)19-22-9-13(21)10-23-19)34(28,29)26-20-25-24-16(11-30-2)27(20)17-14(31-3)7-6-8-15(17)32-4/h6-10,12,18H,11H2,1-5H3,(H,25,26). The maximum absolute atomic E-state index is 13.4. The van der Waals surface area contributed by atoms with Crippen molar-refractivity contribution in [2.24, 2.45) is 0 Å². The van der Waals surface area contributed by atoms with Crippen LogP contribution in [-0.4, -0.2) is 66.8 Å². The Hall–Kier alpha value is -3.00. The molecule has 0 spiro atoms. The van der Waals surface area contributed by atoms with Crippen LogP contribution in [0.15, 0.2) is 30.6 Å². The molecule has 0 aliphatic rings. The van der Waals surface area contributed by atoms with Gasteiger partial charge in [0, 0.05) is 26.6 Å². The minimum atomic E-state index is -4.09. The third-order valence-electron chi connectivity index (χ3n) is 4.93. The molecule has 184 valence electrons. The van der Waals surface area contributed by atoms with E-state index < -0.39 is 21.4 Å². The highest BCUT2D eigenvalue weighted by atomic mass is 35.5. The topological polar surface area (TPSA) is 140 Å². The number of benzene rings is 1. The van der Waals surface area contributed by atoms with Crippen LogP contribution in [0, 0.1) is 0 Å². The van der Waals surface area contributed by atoms with Gasteiger partial charge in [0.2, 0.25) is 16.0 Å². The zero-order valence-corrected chi connectivity index (χ0v) is 20.8. The maximum atomic E-state index is 13.4. The van der Waals surface area contributed by atoms with Crippen LogP contribution in [0.25, 0.3) is 5.69 Å². The lowest BCUT2D eigenvalue weighted by molar-refractivity contribution is 0.0950. The highest BCUT2D eigenvalue weighted by Gasteiger charge is 2.35. The van der Waals surface area contributed by atoms with Gasteiger partial charge >= 0.3 is 0 Å². The van der Waals surface area contributed by atoms with E-state index in [0.29, 0.717) is 28.0 Å². The summed E-state index contributed by atoms with van der Waals surface area (Å²) >= 11 is 5.84. The van der Waals surface area contributed by atoms with E-state index in [0.717, 1.165) is 0 Å². The maximum Gasteiger partial charge on any atom is 0.243 e. The summed E-state index contributed by atoms with van der Waals surface area (Å²) in [5, 5.41) is 7.33. The molecule has 0 bridgehead atoms. The summed E-state index contributed by atoms with van der Waals surface area (Å²) < 4.78 is 52.2. The van der Waals surface area contributed by atoms with Crippen LogP contribution in [0.2, 0.25) is 5.02 Å². The number of sulfonamides is 1. The van der Waals surface area contributed by atoms with Gasteiger partial charge in [-0.2, -0.15) is 0 Å². The molecule has 34 heavy (non-hydrogen) atoms. The number of para-hydroxylation sites is 1. The SMILES string of the molecule is COCc1nnc(NS(=O)(=O)C(C)C(OC)c2ncc(Cl)cn2)n1-c1c(OC)cccc1OC. The molecule has 0 amide bonds. The first-order valence-electron chi connectivity index (χ1n) is 9.93. The molecule has 2 atom stereocenters. The van der Waals surface area contributed by atoms with Crippen LogP contribution in [-0.2, 0) is 26.1 Å². The minimum absolute atomic E-state index is 0.0464. The van der Waals surface area contributed by atoms with Crippen molar-refractivity contribution in [2.75, 3.05) is 33.2 Å². The Labute approximate surface area is 202 Å². The van der Waals surface area contributed by atoms with Crippen molar-refractivity contribution < 1.29 is 27.4 Å². The summed E-state index contributed by atoms with van der Waals surface area (Å²) in [5.41, 5.74) is 0.402. The monoisotopic (exact) mass is 512 g/mol. The molecule has 12 nitrogen and oxygen atoms in total. The molecular formula is C20H25ClN6O6S. The normalized spacial score (nSPS) is 13.4. The fraction of sp³-hybridized carbons (Fsp3) is 0.400. The average molecular weight is 513 g/mol. The fourth-order valence-corrected chi connectivity index (χ4v) is 4.48. The summed E-state index contributed by atoms with van der Waals surface area (Å²) in [7, 11) is 1.74. The van der Waals surface area contributed by atoms with Gasteiger partial charge in [0.1, 0.15) is 35.1 Å². The average Bonchev–Trinajstić information content (AvgIpc) is 3.21. The van der Waals surface area contributed by atoms with Crippen molar-refractivity contribution >= 4 is 27.6 Å². The van der Waals surface area contributed by atoms with Crippen molar-refractivity contribution in [1.82, 2.24) is 24.7 Å². The molecule has 0 radical (unpaired) electrons. The van der Waals surface area contributed by atoms with Gasteiger partial charge in [-0.3, -0.25) is 9.29 Å². The predicted molar refractivity (Wildman–Crippen MR) is 124 cm³/mol. The molecule has 1 aromatic carbocycles. The first-order valence-corrected chi connectivity index (χ1v) is 11.9. The molecule has 3 aromatic rings. The molecule has 0 aliphatic carbocycles. The predicted octanol–water partition coefficient (Wildman–Crippen LogP) is 2.39. The molecule has 0 aliphatic heterocycles. The quantitative estimate of drug-likeness (QED) is 0.407. The van der Waals surface area contributed by atoms with Crippen molar-refractivity contribution in [3.8, 4) is 17.2 Å². The van der Waals surface area contributed by atoms with Gasteiger partial charge < -0.3 is 18.9 Å². The molecule has 2 aromatic heterocycles. The summed E-state index contributed by atoms with van der Waals surface area (Å²) in [6, 6.07) is 5.14. The number of methoxy groups -OCH3 is 4. The highest BCUT2D eigenvalue weighted by Crippen LogP contribution is 2.36. The van der Waals surface area contributed by atoms with Crippen LogP contribution < -0.4 is 14.2 Å². The highest BCUT2D eigenvalue weighted by molar-refractivity contribution is 7.93. The smallest absolute Gasteiger partial charge is 0.243 e. The first kappa shape index (κ1) is 25.6. The Morgan fingerprint density at radius 1 is 1.06 bits per heavy atom. The number of hydrogen-bond acceptors (Lipinski definition) is 10. The van der Waals surface area contributed by atoms with E-state index in [4.69, 9.17) is 30.5 Å². The second kappa shape index (κ2) is 11.0. The lowest BCUT2D eigenvalue weighted by Gasteiger charge is -2.22. The molecule has 1 N–H and O–H groups in total. The van der Waals surface area contributed by atoms with Gasteiger partial charge in [0.15, 0.2) is 11.6 Å². The van der Waals surface area contributed by atoms with Gasteiger partial charge in [-0.15, -0.1) is 10.2 Å². The number of ether oxygens (including phenoxy) is 4. The van der Waals surface area contributed by atoms with Crippen molar-refractivity contribution in [3.05, 3.63) is 47.3 Å². The number of nitrogens with zero attached hydrogens (tertiary/aromatic N) is 5. The lowest BCUT2D eigenvalue weighted by atomic mass is 10.2. The Morgan fingerprint density at radius 2 is 1.68 bits per heavy atom. The largest absolute Gasteiger partial charge is 0.494 e. The third-order valence-corrected chi connectivity index (χ3v) is 6.82. The Kier molecular flexibility index (Phi) is 8.25. The number of halogens is 1. The Bertz CT molecular complexity index is 1200. The number of rotatable bonds is 11. The van der Waals surface area contributed by atoms with Gasteiger partial charge in [-0.25, -0.2) is 18.4 Å². The number of nitrogens with one attached hydrogen (secondary N) is 1. The van der Waals surface area contributed by atoms with E-state index in [2.05, 4.69) is 24.9 Å². The fourth-order valence-electron chi connectivity index (χ4n) is 3.25. The van der Waals surface area contributed by atoms with Crippen LogP contribution in [0.1, 0.15) is 24.7 Å². The molecule has 2 heterocycles. The van der Waals surface area contributed by atoms with E-state index in [1.807, 2.05) is 0 Å². The zero-order valence-electron chi connectivity index (χ0n) is 19.2. The van der Waals surface area contributed by atoms with E-state index in [-0.39, 0.29) is 18.4 Å². The minimum Gasteiger partial charge on any atom is -0.494 e. The van der Waals surface area contributed by atoms with E-state index in [9.17, 15) is 8.42 Å². The van der Waals surface area contributed by atoms with Crippen LogP contribution in [0.4, 0.5) is 5.95 Å². The summed E-state index contributed by atoms with van der Waals surface area (Å²) in [6.45, 7) is 1.51. The van der Waals surface area contributed by atoms with E-state index >= 15 is 0 Å². The molecule has 0 saturated carbocycles. The number of hydrogen-bond donors (Lipinski definition) is 1. The third kappa shape index (κ3) is 5.22. The van der Waals surface area contributed by atoms with Gasteiger partial charge in [-0.1, -0.05) is 17.7 Å². The van der Waals surface area contributed by atoms with Crippen LogP contribution in [0.3, 0.4) is 0 Å². The molecule has 3 rings (SSSR count). The van der Waals surface area contributed by atoms with Crippen molar-refractivity contribution in [3.63, 3.8) is 0 Å². The van der Waals surface area contributed by atoms with Crippen molar-refractivity contribution in [1.29, 1.82) is 0 Å². The van der Waals surface area contributed by atoms with Crippen LogP contribution in [0.5, 0.6) is 11.5 Å². The number of aromatic nitrogens is 5. The summed E-state index contributed by atoms with van der Waals surface area (Å²) in [4.78, 5) is 8.17. The van der Waals surface area contributed by atoms with Gasteiger partial charge in [0.05, 0.1) is 19.2 Å². The first-order chi connectivity index (χ1) is 16.3. The second-order valence-corrected chi connectivity index (χ2v) is 9.46. The van der Waals surface area contributed by atoms with Gasteiger partial charge in [-0.05, 0) is 19.1 Å². The van der Waals surface area contributed by atoms with E-state index in [1.165, 1.54) is 52.3 Å². The van der Waals surface area contributed by atoms with Crippen LogP contribution >= 0.6 is 11.6 Å². The Morgan fingerprint density at radius 3 is 2.21 bits per heavy atom. The Balaban J connectivity index is 2.05. The van der Waals surface area contributed by atoms with E-state index in [1.54, 1.807) is 18.2 Å². The molecular weight excluding hydrogens is 488 g/mol. The molecule has 2 unspecified atom stereocenters. The summed E-state index contributed by atoms with van der Waals surface area (Å²) in [5.74, 6) is 1.22. The summed E-state index contributed by atoms with van der Waals surface area (Å²) in [6.07, 6.45) is 1.75.